The van der Waals surface area contributed by atoms with Gasteiger partial charge in [0.2, 0.25) is 0 Å². The van der Waals surface area contributed by atoms with Gasteiger partial charge in [0.25, 0.3) is 0 Å². The van der Waals surface area contributed by atoms with Gasteiger partial charge in [-0.1, -0.05) is 13.8 Å². The number of rotatable bonds is 8. The molecule has 0 aromatic heterocycles. The van der Waals surface area contributed by atoms with E-state index < -0.39 is 0 Å². The van der Waals surface area contributed by atoms with Crippen LogP contribution >= 0.6 is 0 Å². The second kappa shape index (κ2) is 10.7. The zero-order valence-electron chi connectivity index (χ0n) is 11.2. The lowest BCUT2D eigenvalue weighted by atomic mass is 10.2. The maximum Gasteiger partial charge on any atom is 0.191 e. The van der Waals surface area contributed by atoms with Crippen LogP contribution in [0.25, 0.3) is 0 Å². The number of ether oxygens (including phenoxy) is 1. The molecule has 0 heterocycles. The molecule has 0 saturated carbocycles. The number of nitrogens with one attached hydrogen (secondary N) is 2. The minimum atomic E-state index is 0.596. The maximum atomic E-state index is 5.27. The SMILES string of the molecule is CCNC(=NCC(C)C)NCCCOCC. The van der Waals surface area contributed by atoms with Crippen molar-refractivity contribution in [1.82, 2.24) is 10.6 Å². The van der Waals surface area contributed by atoms with Crippen LogP contribution in [-0.2, 0) is 4.74 Å². The van der Waals surface area contributed by atoms with E-state index in [9.17, 15) is 0 Å². The molecular formula is C12H27N3O. The topological polar surface area (TPSA) is 45.7 Å². The van der Waals surface area contributed by atoms with E-state index in [1.807, 2.05) is 6.92 Å². The molecule has 0 amide bonds. The molecule has 0 unspecified atom stereocenters. The highest BCUT2D eigenvalue weighted by Gasteiger charge is 1.97. The first-order chi connectivity index (χ1) is 7.70. The molecule has 0 aromatic rings. The quantitative estimate of drug-likeness (QED) is 0.378. The van der Waals surface area contributed by atoms with Crippen molar-refractivity contribution in [2.75, 3.05) is 32.8 Å². The van der Waals surface area contributed by atoms with Gasteiger partial charge in [0, 0.05) is 32.8 Å². The van der Waals surface area contributed by atoms with Crippen LogP contribution in [-0.4, -0.2) is 38.8 Å². The molecule has 0 saturated heterocycles. The fourth-order valence-electron chi connectivity index (χ4n) is 1.14. The molecule has 0 aliphatic carbocycles. The number of nitrogens with zero attached hydrogens (tertiary/aromatic N) is 1. The van der Waals surface area contributed by atoms with E-state index in [4.69, 9.17) is 4.74 Å². The van der Waals surface area contributed by atoms with E-state index in [0.29, 0.717) is 5.92 Å². The van der Waals surface area contributed by atoms with Crippen molar-refractivity contribution in [3.05, 3.63) is 0 Å². The molecule has 0 bridgehead atoms. The second-order valence-electron chi connectivity index (χ2n) is 4.09. The van der Waals surface area contributed by atoms with Crippen molar-refractivity contribution in [1.29, 1.82) is 0 Å². The summed E-state index contributed by atoms with van der Waals surface area (Å²) < 4.78 is 5.27. The summed E-state index contributed by atoms with van der Waals surface area (Å²) in [6, 6.07) is 0. The Morgan fingerprint density at radius 2 is 2.00 bits per heavy atom. The molecule has 0 fully saturated rings. The molecule has 0 aliphatic heterocycles. The van der Waals surface area contributed by atoms with Crippen LogP contribution in [0.2, 0.25) is 0 Å². The Kier molecular flexibility index (Phi) is 10.2. The van der Waals surface area contributed by atoms with Gasteiger partial charge < -0.3 is 15.4 Å². The van der Waals surface area contributed by atoms with Gasteiger partial charge in [-0.2, -0.15) is 0 Å². The predicted molar refractivity (Wildman–Crippen MR) is 69.9 cm³/mol. The van der Waals surface area contributed by atoms with Crippen LogP contribution in [0.4, 0.5) is 0 Å². The van der Waals surface area contributed by atoms with Crippen molar-refractivity contribution >= 4 is 5.96 Å². The van der Waals surface area contributed by atoms with Crippen LogP contribution in [0.15, 0.2) is 4.99 Å². The van der Waals surface area contributed by atoms with Crippen LogP contribution in [0.1, 0.15) is 34.1 Å². The van der Waals surface area contributed by atoms with Gasteiger partial charge in [0.15, 0.2) is 5.96 Å². The highest BCUT2D eigenvalue weighted by atomic mass is 16.5. The number of hydrogen-bond donors (Lipinski definition) is 2. The van der Waals surface area contributed by atoms with Crippen molar-refractivity contribution in [2.24, 2.45) is 10.9 Å². The average Bonchev–Trinajstić information content (AvgIpc) is 2.25. The monoisotopic (exact) mass is 229 g/mol. The molecular weight excluding hydrogens is 202 g/mol. The highest BCUT2D eigenvalue weighted by Crippen LogP contribution is 1.91. The molecule has 16 heavy (non-hydrogen) atoms. The van der Waals surface area contributed by atoms with Crippen molar-refractivity contribution < 1.29 is 4.74 Å². The summed E-state index contributed by atoms with van der Waals surface area (Å²) in [7, 11) is 0. The van der Waals surface area contributed by atoms with Gasteiger partial charge >= 0.3 is 0 Å². The fourth-order valence-corrected chi connectivity index (χ4v) is 1.14. The Hall–Kier alpha value is -0.770. The average molecular weight is 229 g/mol. The lowest BCUT2D eigenvalue weighted by molar-refractivity contribution is 0.145. The minimum absolute atomic E-state index is 0.596. The molecule has 4 nitrogen and oxygen atoms in total. The van der Waals surface area contributed by atoms with E-state index in [2.05, 4.69) is 36.4 Å². The first-order valence-corrected chi connectivity index (χ1v) is 6.30. The summed E-state index contributed by atoms with van der Waals surface area (Å²) in [5.74, 6) is 1.51. The summed E-state index contributed by atoms with van der Waals surface area (Å²) in [5, 5.41) is 6.52. The standard InChI is InChI=1S/C12H27N3O/c1-5-13-12(15-10-11(3)4)14-8-7-9-16-6-2/h11H,5-10H2,1-4H3,(H2,13,14,15). The molecule has 0 atom stereocenters. The smallest absolute Gasteiger partial charge is 0.191 e. The fraction of sp³-hybridized carbons (Fsp3) is 0.917. The molecule has 0 radical (unpaired) electrons. The van der Waals surface area contributed by atoms with Crippen molar-refractivity contribution in [2.45, 2.75) is 34.1 Å². The van der Waals surface area contributed by atoms with Gasteiger partial charge in [-0.05, 0) is 26.2 Å². The van der Waals surface area contributed by atoms with Crippen molar-refractivity contribution in [3.8, 4) is 0 Å². The zero-order chi connectivity index (χ0) is 12.2. The lowest BCUT2D eigenvalue weighted by Crippen LogP contribution is -2.38. The molecule has 96 valence electrons. The second-order valence-corrected chi connectivity index (χ2v) is 4.09. The molecule has 0 rings (SSSR count). The van der Waals surface area contributed by atoms with E-state index in [1.165, 1.54) is 0 Å². The third kappa shape index (κ3) is 9.77. The zero-order valence-corrected chi connectivity index (χ0v) is 11.2. The third-order valence-electron chi connectivity index (χ3n) is 1.92. The maximum absolute atomic E-state index is 5.27. The van der Waals surface area contributed by atoms with Crippen LogP contribution in [0.5, 0.6) is 0 Å². The molecule has 4 heteroatoms. The van der Waals surface area contributed by atoms with Gasteiger partial charge in [-0.25, -0.2) is 0 Å². The van der Waals surface area contributed by atoms with E-state index in [1.54, 1.807) is 0 Å². The first kappa shape index (κ1) is 15.2. The Bertz CT molecular complexity index is 181. The molecule has 0 aliphatic rings. The van der Waals surface area contributed by atoms with Crippen molar-refractivity contribution in [3.63, 3.8) is 0 Å². The number of guanidine groups is 1. The minimum Gasteiger partial charge on any atom is -0.382 e. The number of aliphatic imine (C=N–C) groups is 1. The Labute approximate surface area is 99.9 Å². The molecule has 0 spiro atoms. The van der Waals surface area contributed by atoms with E-state index >= 15 is 0 Å². The summed E-state index contributed by atoms with van der Waals surface area (Å²) in [4.78, 5) is 4.48. The highest BCUT2D eigenvalue weighted by molar-refractivity contribution is 5.79. The van der Waals surface area contributed by atoms with Gasteiger partial charge in [-0.15, -0.1) is 0 Å². The van der Waals surface area contributed by atoms with E-state index in [-0.39, 0.29) is 0 Å². The molecule has 2 N–H and O–H groups in total. The van der Waals surface area contributed by atoms with Gasteiger partial charge in [0.05, 0.1) is 0 Å². The number of hydrogen-bond acceptors (Lipinski definition) is 2. The van der Waals surface area contributed by atoms with Gasteiger partial charge in [0.1, 0.15) is 0 Å². The van der Waals surface area contributed by atoms with Gasteiger partial charge in [-0.3, -0.25) is 4.99 Å². The largest absolute Gasteiger partial charge is 0.382 e. The van der Waals surface area contributed by atoms with E-state index in [0.717, 1.165) is 45.2 Å². The lowest BCUT2D eigenvalue weighted by Gasteiger charge is -2.11. The predicted octanol–water partition coefficient (Wildman–Crippen LogP) is 1.62. The summed E-state index contributed by atoms with van der Waals surface area (Å²) >= 11 is 0. The van der Waals surface area contributed by atoms with Crippen LogP contribution < -0.4 is 10.6 Å². The third-order valence-corrected chi connectivity index (χ3v) is 1.92. The Morgan fingerprint density at radius 1 is 1.25 bits per heavy atom. The van der Waals surface area contributed by atoms with Crippen LogP contribution in [0.3, 0.4) is 0 Å². The summed E-state index contributed by atoms with van der Waals surface area (Å²) in [6.07, 6.45) is 1.01. The normalized spacial score (nSPS) is 11.9. The molecule has 0 aromatic carbocycles. The van der Waals surface area contributed by atoms with Crippen LogP contribution in [0, 0.1) is 5.92 Å². The first-order valence-electron chi connectivity index (χ1n) is 6.30. The summed E-state index contributed by atoms with van der Waals surface area (Å²) in [6.45, 7) is 12.7. The summed E-state index contributed by atoms with van der Waals surface area (Å²) in [5.41, 5.74) is 0. The Balaban J connectivity index is 3.71. The Morgan fingerprint density at radius 3 is 2.56 bits per heavy atom.